The van der Waals surface area contributed by atoms with Gasteiger partial charge in [0.2, 0.25) is 5.91 Å². The van der Waals surface area contributed by atoms with Crippen LogP contribution in [-0.2, 0) is 4.79 Å². The molecule has 0 aliphatic carbocycles. The highest BCUT2D eigenvalue weighted by molar-refractivity contribution is 8.00. The molecule has 7 heteroatoms. The largest absolute Gasteiger partial charge is 0.497 e. The Hall–Kier alpha value is -3.32. The monoisotopic (exact) mass is 424 g/mol. The molecule has 0 fully saturated rings. The molecule has 0 bridgehead atoms. The minimum absolute atomic E-state index is 0.0141. The summed E-state index contributed by atoms with van der Waals surface area (Å²) in [5.41, 5.74) is 1.22. The molecule has 2 N–H and O–H groups in total. The predicted molar refractivity (Wildman–Crippen MR) is 118 cm³/mol. The van der Waals surface area contributed by atoms with Crippen LogP contribution >= 0.6 is 11.8 Å². The molecule has 0 aliphatic heterocycles. The van der Waals surface area contributed by atoms with Crippen molar-refractivity contribution >= 4 is 35.0 Å². The Labute approximate surface area is 178 Å². The summed E-state index contributed by atoms with van der Waals surface area (Å²) in [6, 6.07) is 20.0. The normalized spacial score (nSPS) is 11.4. The number of carbonyl (C=O) groups is 2. The van der Waals surface area contributed by atoms with Gasteiger partial charge >= 0.3 is 0 Å². The van der Waals surface area contributed by atoms with Gasteiger partial charge in [-0.25, -0.2) is 4.39 Å². The summed E-state index contributed by atoms with van der Waals surface area (Å²) >= 11 is 1.40. The van der Waals surface area contributed by atoms with Crippen molar-refractivity contribution in [3.05, 3.63) is 84.2 Å². The lowest BCUT2D eigenvalue weighted by Crippen LogP contribution is -2.22. The van der Waals surface area contributed by atoms with Crippen LogP contribution in [-0.4, -0.2) is 24.2 Å². The van der Waals surface area contributed by atoms with Crippen molar-refractivity contribution in [2.24, 2.45) is 0 Å². The van der Waals surface area contributed by atoms with E-state index in [9.17, 15) is 14.0 Å². The summed E-state index contributed by atoms with van der Waals surface area (Å²) in [5.74, 6) is -0.487. The zero-order valence-electron chi connectivity index (χ0n) is 16.5. The van der Waals surface area contributed by atoms with Crippen LogP contribution in [0, 0.1) is 5.82 Å². The molecule has 0 radical (unpaired) electrons. The summed E-state index contributed by atoms with van der Waals surface area (Å²) in [6.07, 6.45) is 0. The van der Waals surface area contributed by atoms with Crippen LogP contribution in [0.1, 0.15) is 17.3 Å². The van der Waals surface area contributed by atoms with E-state index in [0.29, 0.717) is 11.4 Å². The summed E-state index contributed by atoms with van der Waals surface area (Å²) in [5, 5.41) is 5.21. The molecule has 1 unspecified atom stereocenters. The molecule has 1 atom stereocenters. The lowest BCUT2D eigenvalue weighted by Gasteiger charge is -2.13. The fourth-order valence-electron chi connectivity index (χ4n) is 2.64. The van der Waals surface area contributed by atoms with E-state index in [1.54, 1.807) is 61.7 Å². The number of nitrogens with one attached hydrogen (secondary N) is 2. The first-order valence-electron chi connectivity index (χ1n) is 9.24. The van der Waals surface area contributed by atoms with E-state index in [0.717, 1.165) is 10.6 Å². The molecular formula is C23H21FN2O3S. The first kappa shape index (κ1) is 21.4. The zero-order valence-corrected chi connectivity index (χ0v) is 17.3. The maximum atomic E-state index is 13.7. The van der Waals surface area contributed by atoms with Gasteiger partial charge in [-0.2, -0.15) is 0 Å². The first-order chi connectivity index (χ1) is 14.5. The molecule has 0 heterocycles. The Morgan fingerprint density at radius 1 is 0.900 bits per heavy atom. The third-order valence-corrected chi connectivity index (χ3v) is 5.38. The number of carbonyl (C=O) groups excluding carboxylic acids is 2. The predicted octanol–water partition coefficient (Wildman–Crippen LogP) is 5.21. The van der Waals surface area contributed by atoms with Crippen molar-refractivity contribution in [2.45, 2.75) is 17.1 Å². The Bertz CT molecular complexity index is 1020. The standard InChI is InChI=1S/C23H21FN2O3S/c1-15(22(27)25-16-7-11-18(29-2)12-8-16)30-19-13-9-17(10-14-19)26-23(28)20-5-3-4-6-21(20)24/h3-15H,1-2H3,(H,25,27)(H,26,28). The fraction of sp³-hybridized carbons (Fsp3) is 0.130. The smallest absolute Gasteiger partial charge is 0.258 e. The number of anilines is 2. The van der Waals surface area contributed by atoms with Crippen LogP contribution in [0.3, 0.4) is 0 Å². The van der Waals surface area contributed by atoms with Crippen LogP contribution in [0.2, 0.25) is 0 Å². The van der Waals surface area contributed by atoms with Crippen molar-refractivity contribution in [3.63, 3.8) is 0 Å². The van der Waals surface area contributed by atoms with Gasteiger partial charge in [0.05, 0.1) is 17.9 Å². The highest BCUT2D eigenvalue weighted by Crippen LogP contribution is 2.26. The Balaban J connectivity index is 1.55. The summed E-state index contributed by atoms with van der Waals surface area (Å²) in [7, 11) is 1.59. The van der Waals surface area contributed by atoms with Gasteiger partial charge in [-0.05, 0) is 67.6 Å². The number of halogens is 1. The molecule has 0 saturated heterocycles. The Morgan fingerprint density at radius 2 is 1.50 bits per heavy atom. The van der Waals surface area contributed by atoms with E-state index in [2.05, 4.69) is 10.6 Å². The van der Waals surface area contributed by atoms with E-state index in [4.69, 9.17) is 4.74 Å². The van der Waals surface area contributed by atoms with Gasteiger partial charge in [0.15, 0.2) is 0 Å². The molecule has 154 valence electrons. The van der Waals surface area contributed by atoms with E-state index >= 15 is 0 Å². The van der Waals surface area contributed by atoms with Gasteiger partial charge in [0.1, 0.15) is 11.6 Å². The highest BCUT2D eigenvalue weighted by Gasteiger charge is 2.15. The quantitative estimate of drug-likeness (QED) is 0.511. The third kappa shape index (κ3) is 5.61. The SMILES string of the molecule is COc1ccc(NC(=O)C(C)Sc2ccc(NC(=O)c3ccccc3F)cc2)cc1. The second-order valence-corrected chi connectivity index (χ2v) is 7.85. The maximum absolute atomic E-state index is 13.7. The van der Waals surface area contributed by atoms with Crippen molar-refractivity contribution in [1.29, 1.82) is 0 Å². The summed E-state index contributed by atoms with van der Waals surface area (Å²) in [4.78, 5) is 25.5. The van der Waals surface area contributed by atoms with E-state index in [1.165, 1.54) is 30.0 Å². The number of ether oxygens (including phenoxy) is 1. The summed E-state index contributed by atoms with van der Waals surface area (Å²) in [6.45, 7) is 1.82. The van der Waals surface area contributed by atoms with E-state index in [1.807, 2.05) is 6.92 Å². The Morgan fingerprint density at radius 3 is 2.13 bits per heavy atom. The average Bonchev–Trinajstić information content (AvgIpc) is 2.75. The number of thioether (sulfide) groups is 1. The molecule has 3 rings (SSSR count). The topological polar surface area (TPSA) is 67.4 Å². The second-order valence-electron chi connectivity index (χ2n) is 6.44. The molecular weight excluding hydrogens is 403 g/mol. The van der Waals surface area contributed by atoms with Crippen LogP contribution in [0.5, 0.6) is 5.75 Å². The molecule has 0 aliphatic rings. The number of benzene rings is 3. The van der Waals surface area contributed by atoms with Gasteiger partial charge in [-0.15, -0.1) is 11.8 Å². The molecule has 0 aromatic heterocycles. The van der Waals surface area contributed by atoms with Crippen molar-refractivity contribution < 1.29 is 18.7 Å². The van der Waals surface area contributed by atoms with E-state index in [-0.39, 0.29) is 16.7 Å². The van der Waals surface area contributed by atoms with Gasteiger partial charge in [0, 0.05) is 16.3 Å². The second kappa shape index (κ2) is 9.93. The Kier molecular flexibility index (Phi) is 7.08. The van der Waals surface area contributed by atoms with Gasteiger partial charge < -0.3 is 15.4 Å². The minimum atomic E-state index is -0.570. The maximum Gasteiger partial charge on any atom is 0.258 e. The van der Waals surface area contributed by atoms with Gasteiger partial charge in [0.25, 0.3) is 5.91 Å². The van der Waals surface area contributed by atoms with Crippen molar-refractivity contribution in [3.8, 4) is 5.75 Å². The van der Waals surface area contributed by atoms with Crippen LogP contribution in [0.4, 0.5) is 15.8 Å². The molecule has 5 nitrogen and oxygen atoms in total. The number of methoxy groups -OCH3 is 1. The third-order valence-electron chi connectivity index (χ3n) is 4.27. The van der Waals surface area contributed by atoms with Gasteiger partial charge in [-0.3, -0.25) is 9.59 Å². The number of rotatable bonds is 7. The van der Waals surface area contributed by atoms with Crippen LogP contribution in [0.15, 0.2) is 77.7 Å². The first-order valence-corrected chi connectivity index (χ1v) is 10.1. The molecule has 0 saturated carbocycles. The fourth-order valence-corrected chi connectivity index (χ4v) is 3.50. The molecule has 0 spiro atoms. The van der Waals surface area contributed by atoms with Gasteiger partial charge in [-0.1, -0.05) is 12.1 Å². The summed E-state index contributed by atoms with van der Waals surface area (Å²) < 4.78 is 18.8. The van der Waals surface area contributed by atoms with Crippen LogP contribution < -0.4 is 15.4 Å². The van der Waals surface area contributed by atoms with Crippen molar-refractivity contribution in [1.82, 2.24) is 0 Å². The lowest BCUT2D eigenvalue weighted by molar-refractivity contribution is -0.115. The zero-order chi connectivity index (χ0) is 21.5. The molecule has 3 aromatic rings. The minimum Gasteiger partial charge on any atom is -0.497 e. The lowest BCUT2D eigenvalue weighted by atomic mass is 10.2. The molecule has 2 amide bonds. The highest BCUT2D eigenvalue weighted by atomic mass is 32.2. The number of hydrogen-bond donors (Lipinski definition) is 2. The van der Waals surface area contributed by atoms with E-state index < -0.39 is 11.7 Å². The number of amides is 2. The average molecular weight is 424 g/mol. The van der Waals surface area contributed by atoms with Crippen LogP contribution in [0.25, 0.3) is 0 Å². The van der Waals surface area contributed by atoms with Crippen molar-refractivity contribution in [2.75, 3.05) is 17.7 Å². The number of hydrogen-bond acceptors (Lipinski definition) is 4. The molecule has 3 aromatic carbocycles. The molecule has 30 heavy (non-hydrogen) atoms.